The molecule has 0 bridgehead atoms. The van der Waals surface area contributed by atoms with Crippen LogP contribution in [0.5, 0.6) is 0 Å². The SMILES string of the molecule is CC(C)(C)c1cncn1CCN. The maximum Gasteiger partial charge on any atom is 0.0948 e. The summed E-state index contributed by atoms with van der Waals surface area (Å²) in [6, 6.07) is 0. The van der Waals surface area contributed by atoms with Gasteiger partial charge in [-0.05, 0) is 0 Å². The third-order valence-corrected chi connectivity index (χ3v) is 1.85. The first-order chi connectivity index (χ1) is 5.55. The molecule has 0 aliphatic carbocycles. The zero-order valence-electron chi connectivity index (χ0n) is 8.04. The van der Waals surface area contributed by atoms with E-state index in [0.29, 0.717) is 6.54 Å². The van der Waals surface area contributed by atoms with Gasteiger partial charge < -0.3 is 10.3 Å². The highest BCUT2D eigenvalue weighted by molar-refractivity contribution is 5.10. The molecule has 3 nitrogen and oxygen atoms in total. The van der Waals surface area contributed by atoms with Crippen LogP contribution in [0, 0.1) is 0 Å². The van der Waals surface area contributed by atoms with Gasteiger partial charge in [0.1, 0.15) is 0 Å². The van der Waals surface area contributed by atoms with Crippen LogP contribution in [0.25, 0.3) is 0 Å². The normalized spacial score (nSPS) is 12.0. The van der Waals surface area contributed by atoms with Crippen molar-refractivity contribution in [1.29, 1.82) is 0 Å². The fourth-order valence-electron chi connectivity index (χ4n) is 1.26. The Bertz CT molecular complexity index is 245. The number of imidazole rings is 1. The smallest absolute Gasteiger partial charge is 0.0948 e. The van der Waals surface area contributed by atoms with Crippen molar-refractivity contribution >= 4 is 0 Å². The van der Waals surface area contributed by atoms with Crippen molar-refractivity contribution in [1.82, 2.24) is 9.55 Å². The number of rotatable bonds is 2. The molecule has 0 unspecified atom stereocenters. The molecule has 2 N–H and O–H groups in total. The van der Waals surface area contributed by atoms with Crippen LogP contribution in [0.1, 0.15) is 26.5 Å². The third-order valence-electron chi connectivity index (χ3n) is 1.85. The maximum absolute atomic E-state index is 5.48. The zero-order valence-corrected chi connectivity index (χ0v) is 8.04. The van der Waals surface area contributed by atoms with Gasteiger partial charge in [0.2, 0.25) is 0 Å². The van der Waals surface area contributed by atoms with E-state index in [2.05, 4.69) is 30.3 Å². The van der Waals surface area contributed by atoms with Crippen LogP contribution in [0.3, 0.4) is 0 Å². The predicted molar refractivity (Wildman–Crippen MR) is 50.0 cm³/mol. The maximum atomic E-state index is 5.48. The Morgan fingerprint density at radius 2 is 2.17 bits per heavy atom. The molecule has 0 saturated heterocycles. The summed E-state index contributed by atoms with van der Waals surface area (Å²) in [5, 5.41) is 0. The van der Waals surface area contributed by atoms with Gasteiger partial charge in [-0.25, -0.2) is 4.98 Å². The summed E-state index contributed by atoms with van der Waals surface area (Å²) < 4.78 is 2.11. The van der Waals surface area contributed by atoms with E-state index >= 15 is 0 Å². The van der Waals surface area contributed by atoms with Gasteiger partial charge in [-0.3, -0.25) is 0 Å². The molecule has 0 atom stereocenters. The largest absolute Gasteiger partial charge is 0.333 e. The van der Waals surface area contributed by atoms with Crippen molar-refractivity contribution in [2.45, 2.75) is 32.7 Å². The van der Waals surface area contributed by atoms with Crippen LogP contribution in [0.2, 0.25) is 0 Å². The Hall–Kier alpha value is -0.830. The number of nitrogens with two attached hydrogens (primary N) is 1. The lowest BCUT2D eigenvalue weighted by Crippen LogP contribution is -2.20. The summed E-state index contributed by atoms with van der Waals surface area (Å²) in [4.78, 5) is 4.11. The first-order valence-corrected chi connectivity index (χ1v) is 4.26. The average molecular weight is 167 g/mol. The zero-order chi connectivity index (χ0) is 9.19. The second-order valence-corrected chi connectivity index (χ2v) is 4.01. The lowest BCUT2D eigenvalue weighted by Gasteiger charge is -2.20. The quantitative estimate of drug-likeness (QED) is 0.717. The fraction of sp³-hybridized carbons (Fsp3) is 0.667. The summed E-state index contributed by atoms with van der Waals surface area (Å²) in [5.74, 6) is 0. The van der Waals surface area contributed by atoms with Gasteiger partial charge >= 0.3 is 0 Å². The highest BCUT2D eigenvalue weighted by Gasteiger charge is 2.17. The molecule has 0 aliphatic heterocycles. The number of nitrogens with zero attached hydrogens (tertiary/aromatic N) is 2. The van der Waals surface area contributed by atoms with Gasteiger partial charge in [0.05, 0.1) is 6.33 Å². The summed E-state index contributed by atoms with van der Waals surface area (Å²) in [6.45, 7) is 8.05. The van der Waals surface area contributed by atoms with Crippen LogP contribution in [0.15, 0.2) is 12.5 Å². The standard InChI is InChI=1S/C9H17N3/c1-9(2,3)8-6-11-7-12(8)5-4-10/h6-7H,4-5,10H2,1-3H3. The predicted octanol–water partition coefficient (Wildman–Crippen LogP) is 1.14. The minimum absolute atomic E-state index is 0.158. The average Bonchev–Trinajstić information content (AvgIpc) is 2.34. The minimum atomic E-state index is 0.158. The van der Waals surface area contributed by atoms with Crippen LogP contribution < -0.4 is 5.73 Å². The summed E-state index contributed by atoms with van der Waals surface area (Å²) in [7, 11) is 0. The second kappa shape index (κ2) is 3.27. The Balaban J connectivity index is 2.91. The molecule has 0 spiro atoms. The Morgan fingerprint density at radius 3 is 2.67 bits per heavy atom. The van der Waals surface area contributed by atoms with Crippen LogP contribution >= 0.6 is 0 Å². The molecular weight excluding hydrogens is 150 g/mol. The fourth-order valence-corrected chi connectivity index (χ4v) is 1.26. The molecule has 1 aromatic heterocycles. The van der Waals surface area contributed by atoms with Gasteiger partial charge in [-0.15, -0.1) is 0 Å². The van der Waals surface area contributed by atoms with E-state index in [1.165, 1.54) is 5.69 Å². The minimum Gasteiger partial charge on any atom is -0.333 e. The molecule has 0 aromatic carbocycles. The molecule has 12 heavy (non-hydrogen) atoms. The van der Waals surface area contributed by atoms with Crippen molar-refractivity contribution < 1.29 is 0 Å². The third kappa shape index (κ3) is 1.85. The molecule has 0 saturated carbocycles. The monoisotopic (exact) mass is 167 g/mol. The van der Waals surface area contributed by atoms with E-state index in [0.717, 1.165) is 6.54 Å². The number of hydrogen-bond donors (Lipinski definition) is 1. The summed E-state index contributed by atoms with van der Waals surface area (Å²) in [5.41, 5.74) is 6.89. The Morgan fingerprint density at radius 1 is 1.50 bits per heavy atom. The van der Waals surface area contributed by atoms with E-state index in [9.17, 15) is 0 Å². The Kier molecular flexibility index (Phi) is 2.52. The lowest BCUT2D eigenvalue weighted by molar-refractivity contribution is 0.519. The van der Waals surface area contributed by atoms with Gasteiger partial charge in [-0.2, -0.15) is 0 Å². The van der Waals surface area contributed by atoms with Crippen molar-refractivity contribution in [3.05, 3.63) is 18.2 Å². The van der Waals surface area contributed by atoms with Crippen molar-refractivity contribution in [3.8, 4) is 0 Å². The van der Waals surface area contributed by atoms with Crippen LogP contribution in [0.4, 0.5) is 0 Å². The van der Waals surface area contributed by atoms with E-state index in [4.69, 9.17) is 5.73 Å². The Labute approximate surface area is 73.6 Å². The molecule has 68 valence electrons. The van der Waals surface area contributed by atoms with E-state index in [-0.39, 0.29) is 5.41 Å². The topological polar surface area (TPSA) is 43.8 Å². The first-order valence-electron chi connectivity index (χ1n) is 4.26. The van der Waals surface area contributed by atoms with Gasteiger partial charge in [0.15, 0.2) is 0 Å². The van der Waals surface area contributed by atoms with Crippen molar-refractivity contribution in [3.63, 3.8) is 0 Å². The molecule has 0 radical (unpaired) electrons. The van der Waals surface area contributed by atoms with Gasteiger partial charge in [-0.1, -0.05) is 20.8 Å². The van der Waals surface area contributed by atoms with Crippen molar-refractivity contribution in [2.75, 3.05) is 6.54 Å². The molecule has 1 heterocycles. The van der Waals surface area contributed by atoms with E-state index in [1.807, 2.05) is 12.5 Å². The van der Waals surface area contributed by atoms with E-state index in [1.54, 1.807) is 0 Å². The molecule has 0 aliphatic rings. The molecular formula is C9H17N3. The van der Waals surface area contributed by atoms with E-state index < -0.39 is 0 Å². The first kappa shape index (κ1) is 9.26. The highest BCUT2D eigenvalue weighted by Crippen LogP contribution is 2.20. The van der Waals surface area contributed by atoms with Crippen LogP contribution in [-0.2, 0) is 12.0 Å². The van der Waals surface area contributed by atoms with Crippen LogP contribution in [-0.4, -0.2) is 16.1 Å². The molecule has 1 rings (SSSR count). The number of hydrogen-bond acceptors (Lipinski definition) is 2. The molecule has 1 aromatic rings. The van der Waals surface area contributed by atoms with Gasteiger partial charge in [0.25, 0.3) is 0 Å². The number of aromatic nitrogens is 2. The lowest BCUT2D eigenvalue weighted by atomic mass is 9.93. The van der Waals surface area contributed by atoms with Gasteiger partial charge in [0, 0.05) is 30.4 Å². The second-order valence-electron chi connectivity index (χ2n) is 4.01. The highest BCUT2D eigenvalue weighted by atomic mass is 15.1. The summed E-state index contributed by atoms with van der Waals surface area (Å²) in [6.07, 6.45) is 3.75. The molecule has 3 heteroatoms. The molecule has 0 amide bonds. The van der Waals surface area contributed by atoms with Crippen molar-refractivity contribution in [2.24, 2.45) is 5.73 Å². The molecule has 0 fully saturated rings. The summed E-state index contributed by atoms with van der Waals surface area (Å²) >= 11 is 0.